The van der Waals surface area contributed by atoms with Crippen LogP contribution in [0.1, 0.15) is 40.2 Å². The van der Waals surface area contributed by atoms with Crippen molar-refractivity contribution < 1.29 is 0 Å². The van der Waals surface area contributed by atoms with Crippen LogP contribution in [0, 0.1) is 0 Å². The molecule has 0 bridgehead atoms. The number of anilines is 2. The van der Waals surface area contributed by atoms with Gasteiger partial charge in [0.15, 0.2) is 0 Å². The van der Waals surface area contributed by atoms with Crippen molar-refractivity contribution in [3.8, 4) is 39.1 Å². The van der Waals surface area contributed by atoms with Crippen LogP contribution in [0.5, 0.6) is 0 Å². The predicted molar refractivity (Wildman–Crippen MR) is 262 cm³/mol. The monoisotopic (exact) mass is 802 g/mol. The van der Waals surface area contributed by atoms with Crippen LogP contribution in [0.3, 0.4) is 0 Å². The molecule has 2 nitrogen and oxygen atoms in total. The number of nitrogens with zero attached hydrogens (tertiary/aromatic N) is 2. The van der Waals surface area contributed by atoms with Crippen molar-refractivity contribution in [3.63, 3.8) is 0 Å². The standard InChI is InChI=1S/C61H42N2/c1-3-15-41(16-4-1)42-27-32-46(33-28-42)62(47-34-29-43(30-35-47)44-31-38-60-54(39-44)53-22-10-14-26-59(53)63(60)45-17-5-2-6-18-45)48-36-37-52-51-21-9-13-25-57(51)61(58(52)40-48)55-23-11-7-19-49(55)50-20-8-12-24-56(50)61/h1-27,29-40,42H,28H2. The quantitative estimate of drug-likeness (QED) is 0.163. The summed E-state index contributed by atoms with van der Waals surface area (Å²) in [5.41, 5.74) is 21.1. The van der Waals surface area contributed by atoms with E-state index in [4.69, 9.17) is 0 Å². The molecule has 1 aromatic heterocycles. The normalized spacial score (nSPS) is 15.2. The number of hydrogen-bond acceptors (Lipinski definition) is 1. The van der Waals surface area contributed by atoms with Gasteiger partial charge in [-0.3, -0.25) is 0 Å². The van der Waals surface area contributed by atoms with E-state index < -0.39 is 5.41 Å². The summed E-state index contributed by atoms with van der Waals surface area (Å²) in [6, 6.07) is 80.9. The van der Waals surface area contributed by atoms with Crippen LogP contribution >= 0.6 is 0 Å². The first-order valence-corrected chi connectivity index (χ1v) is 22.1. The van der Waals surface area contributed by atoms with Crippen molar-refractivity contribution in [1.29, 1.82) is 0 Å². The molecule has 63 heavy (non-hydrogen) atoms. The molecule has 0 fully saturated rings. The van der Waals surface area contributed by atoms with Crippen LogP contribution in [0.15, 0.2) is 242 Å². The van der Waals surface area contributed by atoms with Gasteiger partial charge in [0.2, 0.25) is 0 Å². The maximum Gasteiger partial charge on any atom is 0.0726 e. The second kappa shape index (κ2) is 14.1. The summed E-state index contributed by atoms with van der Waals surface area (Å²) in [6.45, 7) is 0. The Balaban J connectivity index is 0.954. The zero-order chi connectivity index (χ0) is 41.5. The van der Waals surface area contributed by atoms with E-state index in [1.54, 1.807) is 0 Å². The van der Waals surface area contributed by atoms with Crippen LogP contribution in [0.25, 0.3) is 60.9 Å². The van der Waals surface area contributed by atoms with E-state index in [-0.39, 0.29) is 0 Å². The van der Waals surface area contributed by atoms with Crippen LogP contribution in [0.2, 0.25) is 0 Å². The van der Waals surface area contributed by atoms with Crippen molar-refractivity contribution in [3.05, 3.63) is 270 Å². The summed E-state index contributed by atoms with van der Waals surface area (Å²) < 4.78 is 2.38. The number of fused-ring (bicyclic) bond motifs is 13. The number of allylic oxidation sites excluding steroid dienone is 3. The smallest absolute Gasteiger partial charge is 0.0726 e. The third-order valence-corrected chi connectivity index (χ3v) is 14.0. The van der Waals surface area contributed by atoms with Gasteiger partial charge in [0, 0.05) is 39.4 Å². The predicted octanol–water partition coefficient (Wildman–Crippen LogP) is 15.6. The van der Waals surface area contributed by atoms with Gasteiger partial charge in [-0.1, -0.05) is 176 Å². The molecular weight excluding hydrogens is 761 g/mol. The second-order valence-corrected chi connectivity index (χ2v) is 17.2. The fourth-order valence-corrected chi connectivity index (χ4v) is 11.2. The molecule has 1 unspecified atom stereocenters. The minimum Gasteiger partial charge on any atom is -0.311 e. The number of hydrogen-bond donors (Lipinski definition) is 0. The van der Waals surface area contributed by atoms with Gasteiger partial charge in [-0.2, -0.15) is 0 Å². The third kappa shape index (κ3) is 5.31. The first-order chi connectivity index (χ1) is 31.3. The number of rotatable bonds is 6. The molecule has 13 rings (SSSR count). The van der Waals surface area contributed by atoms with E-state index in [0.29, 0.717) is 5.92 Å². The molecule has 0 aliphatic heterocycles. The SMILES string of the molecule is C1=CC(c2ccccc2)CC=C1N(c1ccc(-c2ccc3c(c2)c2ccccc2n3-c2ccccc2)cc1)c1ccc2c(c1)C1(c3ccccc3-c3ccccc31)c1ccccc1-2. The van der Waals surface area contributed by atoms with Crippen LogP contribution < -0.4 is 4.90 Å². The molecular formula is C61H42N2. The lowest BCUT2D eigenvalue weighted by molar-refractivity contribution is 0.793. The van der Waals surface area contributed by atoms with Gasteiger partial charge >= 0.3 is 0 Å². The minimum atomic E-state index is -0.415. The van der Waals surface area contributed by atoms with E-state index >= 15 is 0 Å². The molecule has 9 aromatic carbocycles. The Hall–Kier alpha value is -7.94. The zero-order valence-electron chi connectivity index (χ0n) is 34.7. The van der Waals surface area contributed by atoms with Crippen molar-refractivity contribution in [2.75, 3.05) is 4.90 Å². The highest BCUT2D eigenvalue weighted by Gasteiger charge is 2.51. The van der Waals surface area contributed by atoms with Crippen LogP contribution in [-0.4, -0.2) is 4.57 Å². The Morgan fingerprint density at radius 2 is 0.984 bits per heavy atom. The third-order valence-electron chi connectivity index (χ3n) is 14.0. The summed E-state index contributed by atoms with van der Waals surface area (Å²) in [5, 5.41) is 2.51. The number of para-hydroxylation sites is 2. The molecule has 3 aliphatic rings. The lowest BCUT2D eigenvalue weighted by atomic mass is 9.70. The molecule has 0 amide bonds. The topological polar surface area (TPSA) is 8.17 Å². The highest BCUT2D eigenvalue weighted by molar-refractivity contribution is 6.10. The maximum atomic E-state index is 2.50. The summed E-state index contributed by atoms with van der Waals surface area (Å²) >= 11 is 0. The van der Waals surface area contributed by atoms with Crippen molar-refractivity contribution in [2.24, 2.45) is 0 Å². The highest BCUT2D eigenvalue weighted by atomic mass is 15.1. The molecule has 1 spiro atoms. The summed E-state index contributed by atoms with van der Waals surface area (Å²) in [6.07, 6.45) is 8.09. The Morgan fingerprint density at radius 1 is 0.429 bits per heavy atom. The molecule has 296 valence electrons. The average molecular weight is 803 g/mol. The minimum absolute atomic E-state index is 0.339. The molecule has 0 N–H and O–H groups in total. The Morgan fingerprint density at radius 3 is 1.65 bits per heavy atom. The number of aromatic nitrogens is 1. The summed E-state index contributed by atoms with van der Waals surface area (Å²) in [5.74, 6) is 0.339. The van der Waals surface area contributed by atoms with Gasteiger partial charge in [0.1, 0.15) is 0 Å². The molecule has 1 heterocycles. The molecule has 1 atom stereocenters. The Kier molecular flexibility index (Phi) is 7.98. The highest BCUT2D eigenvalue weighted by Crippen LogP contribution is 2.63. The van der Waals surface area contributed by atoms with Crippen molar-refractivity contribution >= 4 is 33.2 Å². The first kappa shape index (κ1) is 35.8. The van der Waals surface area contributed by atoms with E-state index in [2.05, 4.69) is 246 Å². The molecule has 0 saturated heterocycles. The van der Waals surface area contributed by atoms with E-state index in [9.17, 15) is 0 Å². The molecule has 10 aromatic rings. The van der Waals surface area contributed by atoms with Crippen molar-refractivity contribution in [1.82, 2.24) is 4.57 Å². The summed E-state index contributed by atoms with van der Waals surface area (Å²) in [7, 11) is 0. The summed E-state index contributed by atoms with van der Waals surface area (Å²) in [4.78, 5) is 2.47. The number of benzene rings is 9. The largest absolute Gasteiger partial charge is 0.311 e. The molecule has 0 radical (unpaired) electrons. The van der Waals surface area contributed by atoms with Gasteiger partial charge < -0.3 is 9.47 Å². The van der Waals surface area contributed by atoms with E-state index in [0.717, 1.165) is 17.8 Å². The molecule has 3 aliphatic carbocycles. The van der Waals surface area contributed by atoms with Crippen LogP contribution in [0.4, 0.5) is 11.4 Å². The Bertz CT molecular complexity index is 3420. The average Bonchev–Trinajstić information content (AvgIpc) is 3.96. The van der Waals surface area contributed by atoms with Crippen molar-refractivity contribution in [2.45, 2.75) is 17.8 Å². The van der Waals surface area contributed by atoms with Gasteiger partial charge in [0.25, 0.3) is 0 Å². The van der Waals surface area contributed by atoms with Gasteiger partial charge in [-0.25, -0.2) is 0 Å². The Labute approximate surface area is 368 Å². The van der Waals surface area contributed by atoms with E-state index in [1.165, 1.54) is 94.4 Å². The van der Waals surface area contributed by atoms with Gasteiger partial charge in [-0.15, -0.1) is 0 Å². The zero-order valence-corrected chi connectivity index (χ0v) is 34.7. The fraction of sp³-hybridized carbons (Fsp3) is 0.0492. The lowest BCUT2D eigenvalue weighted by Crippen LogP contribution is -2.26. The lowest BCUT2D eigenvalue weighted by Gasteiger charge is -2.33. The van der Waals surface area contributed by atoms with Gasteiger partial charge in [-0.05, 0) is 128 Å². The fourth-order valence-electron chi connectivity index (χ4n) is 11.2. The first-order valence-electron chi connectivity index (χ1n) is 22.1. The molecule has 2 heteroatoms. The van der Waals surface area contributed by atoms with E-state index in [1.807, 2.05) is 0 Å². The molecule has 0 saturated carbocycles. The van der Waals surface area contributed by atoms with Crippen LogP contribution in [-0.2, 0) is 5.41 Å². The maximum absolute atomic E-state index is 2.50. The second-order valence-electron chi connectivity index (χ2n) is 17.2. The van der Waals surface area contributed by atoms with Gasteiger partial charge in [0.05, 0.1) is 16.4 Å².